The molecule has 1 aromatic carbocycles. The second-order valence-electron chi connectivity index (χ2n) is 2.46. The number of para-hydroxylation sites is 1. The molecule has 6 heteroatoms. The third-order valence-corrected chi connectivity index (χ3v) is 1.54. The van der Waals surface area contributed by atoms with Gasteiger partial charge in [0.25, 0.3) is 0 Å². The van der Waals surface area contributed by atoms with E-state index in [1.54, 1.807) is 18.2 Å². The molecule has 0 amide bonds. The first-order valence-corrected chi connectivity index (χ1v) is 3.74. The van der Waals surface area contributed by atoms with Crippen LogP contribution in [-0.2, 0) is 0 Å². The predicted molar refractivity (Wildman–Crippen MR) is 65.3 cm³/mol. The Hall–Kier alpha value is -0.840. The molecule has 0 bridgehead atoms. The highest BCUT2D eigenvalue weighted by atomic mass is 35.5. The van der Waals surface area contributed by atoms with Gasteiger partial charge in [-0.15, -0.1) is 24.8 Å². The van der Waals surface area contributed by atoms with Crippen LogP contribution in [0.1, 0.15) is 0 Å². The largest absolute Gasteiger partial charge is 0.397 e. The number of nitrogens with two attached hydrogens (primary N) is 2. The molecule has 0 atom stereocenters. The van der Waals surface area contributed by atoms with Crippen LogP contribution >= 0.6 is 24.8 Å². The van der Waals surface area contributed by atoms with E-state index in [0.717, 1.165) is 0 Å². The number of rotatable bonds is 3. The number of hydrogen-bond acceptors (Lipinski definition) is 4. The molecule has 4 nitrogen and oxygen atoms in total. The number of aliphatic hydroxyl groups excluding tert-OH is 1. The van der Waals surface area contributed by atoms with Crippen molar-refractivity contribution in [2.45, 2.75) is 0 Å². The molecule has 14 heavy (non-hydrogen) atoms. The van der Waals surface area contributed by atoms with Crippen molar-refractivity contribution >= 4 is 41.9 Å². The van der Waals surface area contributed by atoms with Gasteiger partial charge in [0, 0.05) is 6.54 Å². The minimum Gasteiger partial charge on any atom is -0.397 e. The van der Waals surface area contributed by atoms with Crippen LogP contribution in [0.2, 0.25) is 0 Å². The summed E-state index contributed by atoms with van der Waals surface area (Å²) in [6.07, 6.45) is 0. The third-order valence-electron chi connectivity index (χ3n) is 1.54. The molecule has 0 aliphatic heterocycles. The zero-order chi connectivity index (χ0) is 8.97. The van der Waals surface area contributed by atoms with Gasteiger partial charge >= 0.3 is 0 Å². The third kappa shape index (κ3) is 3.91. The maximum Gasteiger partial charge on any atom is 0.0808 e. The Labute approximate surface area is 95.5 Å². The lowest BCUT2D eigenvalue weighted by atomic mass is 10.2. The zero-order valence-electron chi connectivity index (χ0n) is 7.56. The Morgan fingerprint density at radius 2 is 1.64 bits per heavy atom. The Morgan fingerprint density at radius 3 is 2.07 bits per heavy atom. The summed E-state index contributed by atoms with van der Waals surface area (Å²) in [5, 5.41) is 11.5. The van der Waals surface area contributed by atoms with Gasteiger partial charge in [0.05, 0.1) is 23.7 Å². The summed E-state index contributed by atoms with van der Waals surface area (Å²) in [4.78, 5) is 0. The number of nitrogens with one attached hydrogen (secondary N) is 1. The van der Waals surface area contributed by atoms with E-state index >= 15 is 0 Å². The lowest BCUT2D eigenvalue weighted by molar-refractivity contribution is 0.311. The van der Waals surface area contributed by atoms with Gasteiger partial charge in [-0.1, -0.05) is 6.07 Å². The molecule has 0 aliphatic rings. The Bertz CT molecular complexity index is 251. The summed E-state index contributed by atoms with van der Waals surface area (Å²) in [6.45, 7) is 0.520. The highest BCUT2D eigenvalue weighted by Gasteiger charge is 2.00. The summed E-state index contributed by atoms with van der Waals surface area (Å²) in [5.74, 6) is 0. The van der Waals surface area contributed by atoms with Crippen LogP contribution in [0.3, 0.4) is 0 Å². The first kappa shape index (κ1) is 15.6. The molecule has 0 aliphatic carbocycles. The first-order valence-electron chi connectivity index (χ1n) is 3.74. The summed E-state index contributed by atoms with van der Waals surface area (Å²) in [6, 6.07) is 5.31. The van der Waals surface area contributed by atoms with Gasteiger partial charge in [0.15, 0.2) is 0 Å². The fraction of sp³-hybridized carbons (Fsp3) is 0.250. The normalized spacial score (nSPS) is 8.36. The average molecular weight is 240 g/mol. The van der Waals surface area contributed by atoms with Crippen molar-refractivity contribution in [2.75, 3.05) is 29.9 Å². The van der Waals surface area contributed by atoms with Gasteiger partial charge in [0.1, 0.15) is 0 Å². The average Bonchev–Trinajstić information content (AvgIpc) is 2.04. The lowest BCUT2D eigenvalue weighted by Crippen LogP contribution is -2.09. The Morgan fingerprint density at radius 1 is 1.14 bits per heavy atom. The number of hydrogen-bond donors (Lipinski definition) is 4. The van der Waals surface area contributed by atoms with Crippen LogP contribution in [0, 0.1) is 0 Å². The maximum absolute atomic E-state index is 8.57. The van der Waals surface area contributed by atoms with Crippen LogP contribution in [-0.4, -0.2) is 18.3 Å². The monoisotopic (exact) mass is 239 g/mol. The molecule has 0 heterocycles. The summed E-state index contributed by atoms with van der Waals surface area (Å²) in [5.41, 5.74) is 13.2. The molecular formula is C8H15Cl2N3O. The molecule has 82 valence electrons. The topological polar surface area (TPSA) is 84.3 Å². The summed E-state index contributed by atoms with van der Waals surface area (Å²) < 4.78 is 0. The first-order chi connectivity index (χ1) is 5.75. The smallest absolute Gasteiger partial charge is 0.0808 e. The van der Waals surface area contributed by atoms with Crippen molar-refractivity contribution in [1.82, 2.24) is 0 Å². The number of benzene rings is 1. The van der Waals surface area contributed by atoms with Crippen molar-refractivity contribution in [3.05, 3.63) is 18.2 Å². The van der Waals surface area contributed by atoms with Crippen molar-refractivity contribution in [1.29, 1.82) is 0 Å². The molecule has 0 unspecified atom stereocenters. The highest BCUT2D eigenvalue weighted by molar-refractivity contribution is 5.85. The van der Waals surface area contributed by atoms with Gasteiger partial charge in [-0.2, -0.15) is 0 Å². The lowest BCUT2D eigenvalue weighted by Gasteiger charge is -2.09. The van der Waals surface area contributed by atoms with Crippen LogP contribution in [0.25, 0.3) is 0 Å². The number of halogens is 2. The fourth-order valence-corrected chi connectivity index (χ4v) is 0.974. The fourth-order valence-electron chi connectivity index (χ4n) is 0.974. The van der Waals surface area contributed by atoms with Gasteiger partial charge in [-0.05, 0) is 12.1 Å². The molecule has 0 fully saturated rings. The Kier molecular flexibility index (Phi) is 8.43. The van der Waals surface area contributed by atoms with Gasteiger partial charge in [0.2, 0.25) is 0 Å². The highest BCUT2D eigenvalue weighted by Crippen LogP contribution is 2.24. The van der Waals surface area contributed by atoms with Crippen molar-refractivity contribution in [3.8, 4) is 0 Å². The maximum atomic E-state index is 8.57. The number of aliphatic hydroxyl groups is 1. The molecule has 0 saturated carbocycles. The summed E-state index contributed by atoms with van der Waals surface area (Å²) >= 11 is 0. The molecule has 0 radical (unpaired) electrons. The molecule has 1 rings (SSSR count). The second-order valence-corrected chi connectivity index (χ2v) is 2.46. The second kappa shape index (κ2) is 7.55. The molecule has 6 N–H and O–H groups in total. The van der Waals surface area contributed by atoms with E-state index in [0.29, 0.717) is 23.6 Å². The molecule has 0 aromatic heterocycles. The Balaban J connectivity index is 0. The van der Waals surface area contributed by atoms with E-state index in [1.165, 1.54) is 0 Å². The van der Waals surface area contributed by atoms with Crippen LogP contribution in [0.5, 0.6) is 0 Å². The molecular weight excluding hydrogens is 225 g/mol. The van der Waals surface area contributed by atoms with Crippen molar-refractivity contribution in [2.24, 2.45) is 0 Å². The standard InChI is InChI=1S/C8H13N3O.2ClH/c9-6-2-1-3-7(10)8(6)11-4-5-12;;/h1-3,11-12H,4-5,9-10H2;2*1H. The van der Waals surface area contributed by atoms with E-state index in [-0.39, 0.29) is 31.4 Å². The predicted octanol–water partition coefficient (Wildman–Crippen LogP) is 1.10. The van der Waals surface area contributed by atoms with Gasteiger partial charge < -0.3 is 21.9 Å². The van der Waals surface area contributed by atoms with E-state index in [1.807, 2.05) is 0 Å². The van der Waals surface area contributed by atoms with E-state index in [4.69, 9.17) is 16.6 Å². The van der Waals surface area contributed by atoms with Crippen LogP contribution in [0.4, 0.5) is 17.1 Å². The molecule has 0 saturated heterocycles. The van der Waals surface area contributed by atoms with Crippen LogP contribution in [0.15, 0.2) is 18.2 Å². The quantitative estimate of drug-likeness (QED) is 0.596. The van der Waals surface area contributed by atoms with E-state index in [2.05, 4.69) is 5.32 Å². The zero-order valence-corrected chi connectivity index (χ0v) is 9.20. The number of anilines is 3. The van der Waals surface area contributed by atoms with E-state index < -0.39 is 0 Å². The van der Waals surface area contributed by atoms with Crippen molar-refractivity contribution in [3.63, 3.8) is 0 Å². The molecule has 1 aromatic rings. The SMILES string of the molecule is Cl.Cl.Nc1cccc(N)c1NCCO. The number of nitrogen functional groups attached to an aromatic ring is 2. The van der Waals surface area contributed by atoms with Gasteiger partial charge in [-0.25, -0.2) is 0 Å². The van der Waals surface area contributed by atoms with E-state index in [9.17, 15) is 0 Å². The minimum atomic E-state index is 0. The minimum absolute atomic E-state index is 0. The van der Waals surface area contributed by atoms with Crippen LogP contribution < -0.4 is 16.8 Å². The summed E-state index contributed by atoms with van der Waals surface area (Å²) in [7, 11) is 0. The van der Waals surface area contributed by atoms with Crippen molar-refractivity contribution < 1.29 is 5.11 Å². The van der Waals surface area contributed by atoms with Gasteiger partial charge in [-0.3, -0.25) is 0 Å². The molecule has 0 spiro atoms.